The maximum atomic E-state index is 12.6. The van der Waals surface area contributed by atoms with Crippen molar-refractivity contribution in [1.29, 1.82) is 5.26 Å². The van der Waals surface area contributed by atoms with Crippen molar-refractivity contribution in [2.45, 2.75) is 25.1 Å². The molecular weight excluding hydrogens is 295 g/mol. The number of rotatable bonds is 2. The van der Waals surface area contributed by atoms with E-state index in [1.54, 1.807) is 6.07 Å². The smallest absolute Gasteiger partial charge is 0.433 e. The topological polar surface area (TPSA) is 57.9 Å². The number of nitrogens with zero attached hydrogens (tertiary/aromatic N) is 2. The second-order valence-corrected chi connectivity index (χ2v) is 4.28. The maximum absolute atomic E-state index is 12.6. The van der Waals surface area contributed by atoms with E-state index in [1.807, 2.05) is 0 Å². The Labute approximate surface area is 120 Å². The highest BCUT2D eigenvalue weighted by Gasteiger charge is 2.33. The fraction of sp³-hybridized carbons (Fsp3) is 0.500. The van der Waals surface area contributed by atoms with Crippen molar-refractivity contribution < 1.29 is 17.9 Å². The Morgan fingerprint density at radius 2 is 2.15 bits per heavy atom. The fourth-order valence-electron chi connectivity index (χ4n) is 1.87. The number of piperidine rings is 1. The fourth-order valence-corrected chi connectivity index (χ4v) is 1.87. The van der Waals surface area contributed by atoms with Gasteiger partial charge in [-0.1, -0.05) is 0 Å². The van der Waals surface area contributed by atoms with E-state index >= 15 is 0 Å². The van der Waals surface area contributed by atoms with E-state index in [1.165, 1.54) is 6.07 Å². The third-order valence-electron chi connectivity index (χ3n) is 2.76. The first-order chi connectivity index (χ1) is 8.99. The van der Waals surface area contributed by atoms with Crippen LogP contribution in [-0.2, 0) is 6.18 Å². The number of hydrogen-bond acceptors (Lipinski definition) is 4. The van der Waals surface area contributed by atoms with E-state index < -0.39 is 11.9 Å². The number of ether oxygens (including phenoxy) is 1. The lowest BCUT2D eigenvalue weighted by molar-refractivity contribution is -0.141. The van der Waals surface area contributed by atoms with Gasteiger partial charge >= 0.3 is 6.18 Å². The van der Waals surface area contributed by atoms with Gasteiger partial charge in [0.15, 0.2) is 0 Å². The third kappa shape index (κ3) is 4.25. The summed E-state index contributed by atoms with van der Waals surface area (Å²) in [7, 11) is 0. The highest BCUT2D eigenvalue weighted by Crippen LogP contribution is 2.30. The van der Waals surface area contributed by atoms with Crippen molar-refractivity contribution in [3.63, 3.8) is 0 Å². The van der Waals surface area contributed by atoms with E-state index in [0.29, 0.717) is 12.6 Å². The molecule has 0 aromatic carbocycles. The zero-order valence-electron chi connectivity index (χ0n) is 10.4. The first-order valence-electron chi connectivity index (χ1n) is 5.86. The van der Waals surface area contributed by atoms with Gasteiger partial charge in [0.05, 0.1) is 11.6 Å². The van der Waals surface area contributed by atoms with Crippen molar-refractivity contribution >= 4 is 12.4 Å². The number of nitrogens with one attached hydrogen (secondary N) is 1. The molecule has 1 fully saturated rings. The van der Waals surface area contributed by atoms with Crippen LogP contribution in [0.4, 0.5) is 13.2 Å². The second kappa shape index (κ2) is 6.77. The van der Waals surface area contributed by atoms with Gasteiger partial charge in [0.25, 0.3) is 0 Å². The van der Waals surface area contributed by atoms with Crippen molar-refractivity contribution in [1.82, 2.24) is 10.3 Å². The summed E-state index contributed by atoms with van der Waals surface area (Å²) in [5, 5.41) is 11.8. The van der Waals surface area contributed by atoms with E-state index in [0.717, 1.165) is 19.4 Å². The summed E-state index contributed by atoms with van der Waals surface area (Å²) in [6.45, 7) is 1.44. The quantitative estimate of drug-likeness (QED) is 0.912. The van der Waals surface area contributed by atoms with Crippen LogP contribution in [0.5, 0.6) is 5.88 Å². The van der Waals surface area contributed by atoms with Gasteiger partial charge < -0.3 is 10.1 Å². The molecule has 8 heteroatoms. The van der Waals surface area contributed by atoms with Gasteiger partial charge in [-0.3, -0.25) is 0 Å². The number of hydrogen-bond donors (Lipinski definition) is 1. The molecule has 2 rings (SSSR count). The third-order valence-corrected chi connectivity index (χ3v) is 2.76. The molecule has 1 aliphatic rings. The van der Waals surface area contributed by atoms with E-state index in [9.17, 15) is 13.2 Å². The molecule has 0 amide bonds. The molecule has 0 bridgehead atoms. The van der Waals surface area contributed by atoms with Gasteiger partial charge in [0, 0.05) is 12.6 Å². The van der Waals surface area contributed by atoms with Gasteiger partial charge in [0.1, 0.15) is 11.8 Å². The Balaban J connectivity index is 0.00000200. The van der Waals surface area contributed by atoms with Crippen LogP contribution >= 0.6 is 12.4 Å². The maximum Gasteiger partial charge on any atom is 0.433 e. The normalized spacial score (nSPS) is 18.8. The molecule has 0 aliphatic carbocycles. The molecule has 2 heterocycles. The monoisotopic (exact) mass is 307 g/mol. The Morgan fingerprint density at radius 1 is 1.40 bits per heavy atom. The Morgan fingerprint density at radius 3 is 2.70 bits per heavy atom. The number of aromatic nitrogens is 1. The molecule has 110 valence electrons. The lowest BCUT2D eigenvalue weighted by Crippen LogP contribution is -2.37. The summed E-state index contributed by atoms with van der Waals surface area (Å²) >= 11 is 0. The van der Waals surface area contributed by atoms with Crippen LogP contribution < -0.4 is 10.1 Å². The van der Waals surface area contributed by atoms with Crippen LogP contribution in [0.15, 0.2) is 12.1 Å². The highest BCUT2D eigenvalue weighted by atomic mass is 35.5. The zero-order valence-corrected chi connectivity index (χ0v) is 11.2. The lowest BCUT2D eigenvalue weighted by Gasteiger charge is -2.23. The number of halogens is 4. The average molecular weight is 308 g/mol. The van der Waals surface area contributed by atoms with E-state index in [2.05, 4.69) is 10.3 Å². The highest BCUT2D eigenvalue weighted by molar-refractivity contribution is 5.85. The van der Waals surface area contributed by atoms with Crippen molar-refractivity contribution in [2.24, 2.45) is 0 Å². The molecule has 1 N–H and O–H groups in total. The Bertz CT molecular complexity index is 496. The predicted octanol–water partition coefficient (Wildman–Crippen LogP) is 2.52. The summed E-state index contributed by atoms with van der Waals surface area (Å²) in [4.78, 5) is 3.42. The first-order valence-corrected chi connectivity index (χ1v) is 5.86. The van der Waals surface area contributed by atoms with Crippen LogP contribution in [0.3, 0.4) is 0 Å². The summed E-state index contributed by atoms with van der Waals surface area (Å²) in [5.74, 6) is -0.153. The summed E-state index contributed by atoms with van der Waals surface area (Å²) in [5.41, 5.74) is -1.22. The second-order valence-electron chi connectivity index (χ2n) is 4.28. The first kappa shape index (κ1) is 16.5. The SMILES string of the molecule is Cl.N#Cc1cc(O[C@@H]2CCCNC2)nc(C(F)(F)F)c1. The van der Waals surface area contributed by atoms with Crippen LogP contribution in [0.1, 0.15) is 24.1 Å². The van der Waals surface area contributed by atoms with Gasteiger partial charge in [-0.2, -0.15) is 18.4 Å². The van der Waals surface area contributed by atoms with E-state index in [4.69, 9.17) is 10.00 Å². The number of nitriles is 1. The van der Waals surface area contributed by atoms with Crippen LogP contribution in [0, 0.1) is 11.3 Å². The van der Waals surface area contributed by atoms with Gasteiger partial charge in [-0.25, -0.2) is 4.98 Å². The molecule has 0 unspecified atom stereocenters. The van der Waals surface area contributed by atoms with Crippen LogP contribution in [-0.4, -0.2) is 24.2 Å². The zero-order chi connectivity index (χ0) is 13.9. The van der Waals surface area contributed by atoms with E-state index in [-0.39, 0.29) is 30.0 Å². The van der Waals surface area contributed by atoms with Gasteiger partial charge in [0.2, 0.25) is 5.88 Å². The number of alkyl halides is 3. The largest absolute Gasteiger partial charge is 0.473 e. The molecule has 1 aromatic heterocycles. The predicted molar refractivity (Wildman–Crippen MR) is 67.7 cm³/mol. The summed E-state index contributed by atoms with van der Waals surface area (Å²) < 4.78 is 43.3. The van der Waals surface area contributed by atoms with Crippen LogP contribution in [0.25, 0.3) is 0 Å². The molecule has 0 saturated carbocycles. The molecule has 0 radical (unpaired) electrons. The molecule has 4 nitrogen and oxygen atoms in total. The minimum Gasteiger partial charge on any atom is -0.473 e. The lowest BCUT2D eigenvalue weighted by atomic mass is 10.1. The molecule has 1 saturated heterocycles. The minimum atomic E-state index is -4.59. The Hall–Kier alpha value is -1.52. The standard InChI is InChI=1S/C12H12F3N3O.ClH/c13-12(14,15)10-4-8(6-16)5-11(18-10)19-9-2-1-3-17-7-9;/h4-5,9,17H,1-3,7H2;1H/t9-;/m1./s1. The summed E-state index contributed by atoms with van der Waals surface area (Å²) in [6.07, 6.45) is -3.14. The molecular formula is C12H13ClF3N3O. The van der Waals surface area contributed by atoms with Gasteiger partial charge in [-0.15, -0.1) is 12.4 Å². The van der Waals surface area contributed by atoms with Gasteiger partial charge in [-0.05, 0) is 25.5 Å². The molecule has 1 atom stereocenters. The van der Waals surface area contributed by atoms with Crippen LogP contribution in [0.2, 0.25) is 0 Å². The Kier molecular flexibility index (Phi) is 5.60. The average Bonchev–Trinajstić information content (AvgIpc) is 2.38. The van der Waals surface area contributed by atoms with Crippen molar-refractivity contribution in [3.05, 3.63) is 23.4 Å². The number of pyridine rings is 1. The van der Waals surface area contributed by atoms with Crippen molar-refractivity contribution in [2.75, 3.05) is 13.1 Å². The van der Waals surface area contributed by atoms with Crippen molar-refractivity contribution in [3.8, 4) is 11.9 Å². The minimum absolute atomic E-state index is 0. The molecule has 1 aliphatic heterocycles. The molecule has 0 spiro atoms. The molecule has 20 heavy (non-hydrogen) atoms. The molecule has 1 aromatic rings. The summed E-state index contributed by atoms with van der Waals surface area (Å²) in [6, 6.07) is 3.62.